The average Bonchev–Trinajstić information content (AvgIpc) is 3.19. The van der Waals surface area contributed by atoms with E-state index in [0.29, 0.717) is 44.4 Å². The number of hydrogen-bond acceptors (Lipinski definition) is 5. The van der Waals surface area contributed by atoms with Gasteiger partial charge in [0.2, 0.25) is 11.5 Å². The second-order valence-electron chi connectivity index (χ2n) is 7.13. The van der Waals surface area contributed by atoms with Crippen LogP contribution in [0.2, 0.25) is 5.02 Å². The molecule has 8 heteroatoms. The third-order valence-corrected chi connectivity index (χ3v) is 5.42. The number of aromatic amines is 1. The molecule has 1 amide bonds. The van der Waals surface area contributed by atoms with Gasteiger partial charge in [-0.3, -0.25) is 9.59 Å². The summed E-state index contributed by atoms with van der Waals surface area (Å²) in [6.07, 6.45) is 0. The van der Waals surface area contributed by atoms with Crippen molar-refractivity contribution in [2.45, 2.75) is 0 Å². The van der Waals surface area contributed by atoms with Crippen LogP contribution in [0.1, 0.15) is 26.4 Å². The highest BCUT2D eigenvalue weighted by Gasteiger charge is 2.23. The van der Waals surface area contributed by atoms with Crippen molar-refractivity contribution < 1.29 is 23.8 Å². The number of carbonyl (C=O) groups excluding carboxylic acids is 2. The van der Waals surface area contributed by atoms with Crippen LogP contribution in [0.15, 0.2) is 60.7 Å². The number of anilines is 1. The lowest BCUT2D eigenvalue weighted by Gasteiger charge is -2.14. The van der Waals surface area contributed by atoms with E-state index < -0.39 is 5.91 Å². The van der Waals surface area contributed by atoms with Crippen LogP contribution in [-0.2, 0) is 0 Å². The maximum atomic E-state index is 13.3. The Balaban J connectivity index is 1.80. The highest BCUT2D eigenvalue weighted by atomic mass is 35.5. The van der Waals surface area contributed by atoms with Gasteiger partial charge in [-0.1, -0.05) is 41.9 Å². The Morgan fingerprint density at radius 2 is 1.52 bits per heavy atom. The van der Waals surface area contributed by atoms with Gasteiger partial charge in [-0.15, -0.1) is 0 Å². The summed E-state index contributed by atoms with van der Waals surface area (Å²) in [4.78, 5) is 29.6. The van der Waals surface area contributed by atoms with Crippen molar-refractivity contribution in [1.82, 2.24) is 4.98 Å². The van der Waals surface area contributed by atoms with Crippen molar-refractivity contribution in [2.24, 2.45) is 0 Å². The number of carbonyl (C=O) groups is 2. The molecule has 1 aromatic heterocycles. The molecule has 4 aromatic rings. The maximum absolute atomic E-state index is 13.3. The minimum Gasteiger partial charge on any atom is -0.493 e. The zero-order valence-electron chi connectivity index (χ0n) is 18.2. The Kier molecular flexibility index (Phi) is 6.24. The number of ether oxygens (including phenoxy) is 3. The largest absolute Gasteiger partial charge is 0.493 e. The minimum absolute atomic E-state index is 0.249. The highest BCUT2D eigenvalue weighted by molar-refractivity contribution is 6.31. The van der Waals surface area contributed by atoms with Gasteiger partial charge in [0, 0.05) is 27.1 Å². The van der Waals surface area contributed by atoms with Crippen molar-refractivity contribution in [3.8, 4) is 17.2 Å². The Labute approximate surface area is 195 Å². The second-order valence-corrected chi connectivity index (χ2v) is 7.56. The molecule has 0 atom stereocenters. The third-order valence-electron chi connectivity index (χ3n) is 5.19. The normalized spacial score (nSPS) is 10.7. The third kappa shape index (κ3) is 4.23. The number of fused-ring (bicyclic) bond motifs is 1. The van der Waals surface area contributed by atoms with Crippen molar-refractivity contribution >= 4 is 39.9 Å². The fourth-order valence-electron chi connectivity index (χ4n) is 3.60. The molecular weight excluding hydrogens is 444 g/mol. The smallest absolute Gasteiger partial charge is 0.256 e. The van der Waals surface area contributed by atoms with Gasteiger partial charge in [0.05, 0.1) is 27.0 Å². The second kappa shape index (κ2) is 9.26. The van der Waals surface area contributed by atoms with Gasteiger partial charge in [0.15, 0.2) is 11.5 Å². The molecule has 33 heavy (non-hydrogen) atoms. The minimum atomic E-state index is -0.452. The van der Waals surface area contributed by atoms with E-state index in [-0.39, 0.29) is 17.0 Å². The number of H-pyrrole nitrogens is 1. The molecule has 1 heterocycles. The quantitative estimate of drug-likeness (QED) is 0.361. The molecule has 4 rings (SSSR count). The molecule has 0 saturated heterocycles. The van der Waals surface area contributed by atoms with Crippen LogP contribution in [-0.4, -0.2) is 38.0 Å². The van der Waals surface area contributed by atoms with E-state index in [1.165, 1.54) is 21.3 Å². The lowest BCUT2D eigenvalue weighted by atomic mass is 10.1. The van der Waals surface area contributed by atoms with Gasteiger partial charge in [-0.2, -0.15) is 0 Å². The topological polar surface area (TPSA) is 89.7 Å². The Hall–Kier alpha value is -3.97. The van der Waals surface area contributed by atoms with E-state index >= 15 is 0 Å². The molecule has 0 unspecified atom stereocenters. The lowest BCUT2D eigenvalue weighted by molar-refractivity contribution is 0.102. The van der Waals surface area contributed by atoms with E-state index in [4.69, 9.17) is 25.8 Å². The van der Waals surface area contributed by atoms with E-state index in [1.807, 2.05) is 6.07 Å². The fourth-order valence-corrected chi connectivity index (χ4v) is 3.77. The summed E-state index contributed by atoms with van der Waals surface area (Å²) in [5, 5.41) is 4.03. The Morgan fingerprint density at radius 1 is 0.848 bits per heavy atom. The van der Waals surface area contributed by atoms with Crippen LogP contribution in [0.3, 0.4) is 0 Å². The van der Waals surface area contributed by atoms with Gasteiger partial charge in [0.25, 0.3) is 5.91 Å². The van der Waals surface area contributed by atoms with Crippen LogP contribution in [0.25, 0.3) is 10.9 Å². The molecule has 0 fully saturated rings. The number of amides is 1. The summed E-state index contributed by atoms with van der Waals surface area (Å²) in [7, 11) is 4.43. The number of ketones is 1. The van der Waals surface area contributed by atoms with Crippen LogP contribution < -0.4 is 19.5 Å². The molecule has 168 valence electrons. The molecule has 0 aliphatic rings. The molecule has 0 aliphatic carbocycles. The van der Waals surface area contributed by atoms with Crippen LogP contribution >= 0.6 is 11.6 Å². The van der Waals surface area contributed by atoms with E-state index in [0.717, 1.165) is 0 Å². The SMILES string of the molecule is COc1cc(C(=O)Nc2c(C(=O)c3ccccc3)[nH]c3cc(Cl)ccc23)cc(OC)c1OC. The van der Waals surface area contributed by atoms with Crippen LogP contribution in [0.5, 0.6) is 17.2 Å². The lowest BCUT2D eigenvalue weighted by Crippen LogP contribution is -2.15. The fraction of sp³-hybridized carbons (Fsp3) is 0.120. The molecule has 0 aliphatic heterocycles. The molecular formula is C25H21ClN2O5. The summed E-state index contributed by atoms with van der Waals surface area (Å²) < 4.78 is 16.0. The van der Waals surface area contributed by atoms with E-state index in [2.05, 4.69) is 10.3 Å². The standard InChI is InChI=1S/C25H21ClN2O5/c1-31-19-11-15(12-20(32-2)24(19)33-3)25(30)28-21-17-10-9-16(26)13-18(17)27-22(21)23(29)14-7-5-4-6-8-14/h4-13,27H,1-3H3,(H,28,30). The van der Waals surface area contributed by atoms with Crippen LogP contribution in [0, 0.1) is 0 Å². The number of nitrogens with one attached hydrogen (secondary N) is 2. The number of aromatic nitrogens is 1. The number of methoxy groups -OCH3 is 3. The zero-order chi connectivity index (χ0) is 23.5. The summed E-state index contributed by atoms with van der Waals surface area (Å²) in [5.74, 6) is 0.343. The summed E-state index contributed by atoms with van der Waals surface area (Å²) in [5.41, 5.74) is 1.99. The first kappa shape index (κ1) is 22.2. The van der Waals surface area contributed by atoms with Crippen molar-refractivity contribution in [3.05, 3.63) is 82.5 Å². The monoisotopic (exact) mass is 464 g/mol. The summed E-state index contributed by atoms with van der Waals surface area (Å²) in [6.45, 7) is 0. The first-order chi connectivity index (χ1) is 16.0. The van der Waals surface area contributed by atoms with E-state index in [1.54, 1.807) is 54.6 Å². The molecule has 3 aromatic carbocycles. The zero-order valence-corrected chi connectivity index (χ0v) is 18.9. The first-order valence-corrected chi connectivity index (χ1v) is 10.4. The number of hydrogen-bond donors (Lipinski definition) is 2. The molecule has 0 spiro atoms. The molecule has 0 saturated carbocycles. The van der Waals surface area contributed by atoms with Gasteiger partial charge < -0.3 is 24.5 Å². The highest BCUT2D eigenvalue weighted by Crippen LogP contribution is 2.39. The van der Waals surface area contributed by atoms with Gasteiger partial charge in [-0.05, 0) is 30.3 Å². The van der Waals surface area contributed by atoms with E-state index in [9.17, 15) is 9.59 Å². The van der Waals surface area contributed by atoms with Crippen molar-refractivity contribution in [1.29, 1.82) is 0 Å². The van der Waals surface area contributed by atoms with Crippen molar-refractivity contribution in [2.75, 3.05) is 26.6 Å². The van der Waals surface area contributed by atoms with Crippen molar-refractivity contribution in [3.63, 3.8) is 0 Å². The maximum Gasteiger partial charge on any atom is 0.256 e. The van der Waals surface area contributed by atoms with Gasteiger partial charge >= 0.3 is 0 Å². The van der Waals surface area contributed by atoms with Crippen LogP contribution in [0.4, 0.5) is 5.69 Å². The number of rotatable bonds is 7. The summed E-state index contributed by atoms with van der Waals surface area (Å²) >= 11 is 6.14. The summed E-state index contributed by atoms with van der Waals surface area (Å²) in [6, 6.07) is 17.0. The average molecular weight is 465 g/mol. The molecule has 0 radical (unpaired) electrons. The van der Waals surface area contributed by atoms with Gasteiger partial charge in [-0.25, -0.2) is 0 Å². The predicted molar refractivity (Wildman–Crippen MR) is 127 cm³/mol. The number of halogens is 1. The molecule has 7 nitrogen and oxygen atoms in total. The molecule has 2 N–H and O–H groups in total. The predicted octanol–water partition coefficient (Wildman–Crippen LogP) is 5.33. The first-order valence-electron chi connectivity index (χ1n) is 9.99. The number of benzene rings is 3. The Morgan fingerprint density at radius 3 is 2.12 bits per heavy atom. The Bertz CT molecular complexity index is 1320. The van der Waals surface area contributed by atoms with Gasteiger partial charge in [0.1, 0.15) is 5.69 Å². The molecule has 0 bridgehead atoms.